The molecule has 104 valence electrons. The summed E-state index contributed by atoms with van der Waals surface area (Å²) in [6.07, 6.45) is 4.14. The van der Waals surface area contributed by atoms with Gasteiger partial charge in [0, 0.05) is 19.6 Å². The fourth-order valence-corrected chi connectivity index (χ4v) is 3.20. The molecular formula is C16H23NO2. The number of hydrogen-bond donors (Lipinski definition) is 1. The number of ether oxygens (including phenoxy) is 1. The smallest absolute Gasteiger partial charge is 0.0809 e. The lowest BCUT2D eigenvalue weighted by molar-refractivity contribution is -0.154. The second-order valence-corrected chi connectivity index (χ2v) is 5.96. The summed E-state index contributed by atoms with van der Waals surface area (Å²) in [5.41, 5.74) is 1.34. The highest BCUT2D eigenvalue weighted by Gasteiger charge is 2.42. The standard InChI is InChI=1S/C16H23NO2/c18-15(11-14-5-2-1-3-6-14)12-17-9-10-19-16(13-17)7-4-8-16/h1-3,5-6,15,18H,4,7-13H2. The fourth-order valence-electron chi connectivity index (χ4n) is 3.20. The molecule has 1 spiro atoms. The van der Waals surface area contributed by atoms with Crippen LogP contribution in [0.2, 0.25) is 0 Å². The van der Waals surface area contributed by atoms with Crippen LogP contribution >= 0.6 is 0 Å². The maximum atomic E-state index is 10.2. The summed E-state index contributed by atoms with van der Waals surface area (Å²) in [4.78, 5) is 2.37. The van der Waals surface area contributed by atoms with Gasteiger partial charge >= 0.3 is 0 Å². The maximum absolute atomic E-state index is 10.2. The lowest BCUT2D eigenvalue weighted by Gasteiger charge is -2.48. The first-order chi connectivity index (χ1) is 9.26. The first-order valence-electron chi connectivity index (χ1n) is 7.34. The lowest BCUT2D eigenvalue weighted by atomic mass is 9.79. The third-order valence-electron chi connectivity index (χ3n) is 4.38. The zero-order valence-corrected chi connectivity index (χ0v) is 11.4. The van der Waals surface area contributed by atoms with E-state index in [4.69, 9.17) is 4.74 Å². The van der Waals surface area contributed by atoms with E-state index in [1.165, 1.54) is 24.8 Å². The molecule has 3 heteroatoms. The molecule has 1 heterocycles. The van der Waals surface area contributed by atoms with Gasteiger partial charge in [-0.05, 0) is 31.2 Å². The molecule has 1 unspecified atom stereocenters. The molecular weight excluding hydrogens is 238 g/mol. The van der Waals surface area contributed by atoms with Crippen LogP contribution in [0, 0.1) is 0 Å². The van der Waals surface area contributed by atoms with Crippen molar-refractivity contribution in [2.75, 3.05) is 26.2 Å². The second kappa shape index (κ2) is 5.61. The van der Waals surface area contributed by atoms with Crippen molar-refractivity contribution in [2.45, 2.75) is 37.4 Å². The normalized spacial score (nSPS) is 24.1. The van der Waals surface area contributed by atoms with Crippen molar-refractivity contribution >= 4 is 0 Å². The molecule has 0 amide bonds. The molecule has 1 saturated carbocycles. The summed E-state index contributed by atoms with van der Waals surface area (Å²) in [7, 11) is 0. The number of benzene rings is 1. The minimum absolute atomic E-state index is 0.130. The summed E-state index contributed by atoms with van der Waals surface area (Å²) in [6.45, 7) is 3.53. The number of aliphatic hydroxyl groups is 1. The highest BCUT2D eigenvalue weighted by Crippen LogP contribution is 2.38. The molecule has 0 aromatic heterocycles. The zero-order valence-electron chi connectivity index (χ0n) is 11.4. The maximum Gasteiger partial charge on any atom is 0.0809 e. The van der Waals surface area contributed by atoms with E-state index < -0.39 is 0 Å². The van der Waals surface area contributed by atoms with Crippen LogP contribution in [-0.4, -0.2) is 48.0 Å². The number of rotatable bonds is 4. The summed E-state index contributed by atoms with van der Waals surface area (Å²) < 4.78 is 5.91. The molecule has 0 bridgehead atoms. The molecule has 1 aliphatic carbocycles. The largest absolute Gasteiger partial charge is 0.391 e. The first kappa shape index (κ1) is 13.1. The van der Waals surface area contributed by atoms with E-state index in [1.807, 2.05) is 18.2 Å². The van der Waals surface area contributed by atoms with Crippen LogP contribution in [0.4, 0.5) is 0 Å². The average molecular weight is 261 g/mol. The molecule has 19 heavy (non-hydrogen) atoms. The molecule has 1 saturated heterocycles. The minimum atomic E-state index is -0.280. The van der Waals surface area contributed by atoms with Crippen LogP contribution < -0.4 is 0 Å². The Morgan fingerprint density at radius 1 is 1.26 bits per heavy atom. The van der Waals surface area contributed by atoms with Crippen LogP contribution in [0.25, 0.3) is 0 Å². The molecule has 3 rings (SSSR count). The Bertz CT molecular complexity index is 402. The molecule has 1 aromatic rings. The van der Waals surface area contributed by atoms with Crippen molar-refractivity contribution in [3.63, 3.8) is 0 Å². The quantitative estimate of drug-likeness (QED) is 0.898. The van der Waals surface area contributed by atoms with Gasteiger partial charge in [0.1, 0.15) is 0 Å². The van der Waals surface area contributed by atoms with E-state index in [0.29, 0.717) is 0 Å². The van der Waals surface area contributed by atoms with Crippen molar-refractivity contribution in [3.05, 3.63) is 35.9 Å². The molecule has 1 N–H and O–H groups in total. The van der Waals surface area contributed by atoms with Gasteiger partial charge in [0.05, 0.1) is 18.3 Å². The summed E-state index contributed by atoms with van der Waals surface area (Å²) in [6, 6.07) is 10.2. The SMILES string of the molecule is OC(Cc1ccccc1)CN1CCOC2(CCC2)C1. The predicted octanol–water partition coefficient (Wildman–Crippen LogP) is 1.84. The molecule has 1 atom stereocenters. The summed E-state index contributed by atoms with van der Waals surface area (Å²) in [5, 5.41) is 10.2. The Kier molecular flexibility index (Phi) is 3.87. The Labute approximate surface area is 115 Å². The highest BCUT2D eigenvalue weighted by molar-refractivity contribution is 5.15. The van der Waals surface area contributed by atoms with E-state index in [-0.39, 0.29) is 11.7 Å². The van der Waals surface area contributed by atoms with Crippen LogP contribution in [0.5, 0.6) is 0 Å². The van der Waals surface area contributed by atoms with E-state index in [1.54, 1.807) is 0 Å². The van der Waals surface area contributed by atoms with Crippen LogP contribution in [-0.2, 0) is 11.2 Å². The van der Waals surface area contributed by atoms with Crippen molar-refractivity contribution in [3.8, 4) is 0 Å². The van der Waals surface area contributed by atoms with Crippen LogP contribution in [0.3, 0.4) is 0 Å². The van der Waals surface area contributed by atoms with Gasteiger partial charge in [0.2, 0.25) is 0 Å². The van der Waals surface area contributed by atoms with Crippen LogP contribution in [0.15, 0.2) is 30.3 Å². The molecule has 1 aromatic carbocycles. The van der Waals surface area contributed by atoms with Crippen molar-refractivity contribution in [1.82, 2.24) is 4.90 Å². The van der Waals surface area contributed by atoms with Gasteiger partial charge in [-0.15, -0.1) is 0 Å². The lowest BCUT2D eigenvalue weighted by Crippen LogP contribution is -2.56. The number of morpholine rings is 1. The summed E-state index contributed by atoms with van der Waals surface area (Å²) in [5.74, 6) is 0. The van der Waals surface area contributed by atoms with Gasteiger partial charge in [0.25, 0.3) is 0 Å². The monoisotopic (exact) mass is 261 g/mol. The number of hydrogen-bond acceptors (Lipinski definition) is 3. The molecule has 3 nitrogen and oxygen atoms in total. The number of aliphatic hydroxyl groups excluding tert-OH is 1. The van der Waals surface area contributed by atoms with Crippen molar-refractivity contribution in [1.29, 1.82) is 0 Å². The average Bonchev–Trinajstić information content (AvgIpc) is 2.38. The highest BCUT2D eigenvalue weighted by atomic mass is 16.5. The number of nitrogens with zero attached hydrogens (tertiary/aromatic N) is 1. The second-order valence-electron chi connectivity index (χ2n) is 5.96. The first-order valence-corrected chi connectivity index (χ1v) is 7.34. The summed E-state index contributed by atoms with van der Waals surface area (Å²) >= 11 is 0. The van der Waals surface area contributed by atoms with Gasteiger partial charge in [-0.1, -0.05) is 30.3 Å². The van der Waals surface area contributed by atoms with Gasteiger partial charge in [-0.25, -0.2) is 0 Å². The third kappa shape index (κ3) is 3.16. The van der Waals surface area contributed by atoms with Crippen molar-refractivity contribution < 1.29 is 9.84 Å². The van der Waals surface area contributed by atoms with E-state index >= 15 is 0 Å². The zero-order chi connectivity index (χ0) is 13.1. The molecule has 1 aliphatic heterocycles. The van der Waals surface area contributed by atoms with Gasteiger partial charge in [-0.3, -0.25) is 4.90 Å². The van der Waals surface area contributed by atoms with Crippen LogP contribution in [0.1, 0.15) is 24.8 Å². The topological polar surface area (TPSA) is 32.7 Å². The molecule has 2 fully saturated rings. The predicted molar refractivity (Wildman–Crippen MR) is 75.1 cm³/mol. The van der Waals surface area contributed by atoms with Gasteiger partial charge in [0.15, 0.2) is 0 Å². The Morgan fingerprint density at radius 3 is 2.74 bits per heavy atom. The molecule has 0 radical (unpaired) electrons. The van der Waals surface area contributed by atoms with Crippen molar-refractivity contribution in [2.24, 2.45) is 0 Å². The van der Waals surface area contributed by atoms with E-state index in [2.05, 4.69) is 17.0 Å². The Morgan fingerprint density at radius 2 is 2.05 bits per heavy atom. The Hall–Kier alpha value is -0.900. The Balaban J connectivity index is 1.50. The van der Waals surface area contributed by atoms with Gasteiger partial charge in [-0.2, -0.15) is 0 Å². The van der Waals surface area contributed by atoms with E-state index in [0.717, 1.165) is 32.7 Å². The van der Waals surface area contributed by atoms with Gasteiger partial charge < -0.3 is 9.84 Å². The van der Waals surface area contributed by atoms with E-state index in [9.17, 15) is 5.11 Å². The molecule has 2 aliphatic rings. The fraction of sp³-hybridized carbons (Fsp3) is 0.625. The number of β-amino-alcohol motifs (C(OH)–C–C–N with tert-alkyl or cyclic N) is 1. The third-order valence-corrected chi connectivity index (χ3v) is 4.38. The minimum Gasteiger partial charge on any atom is -0.391 e.